The fraction of sp³-hybridized carbons (Fsp3) is 0.778. The number of carbonyl (C=O) groups excluding carboxylic acids is 1. The maximum atomic E-state index is 12.8. The van der Waals surface area contributed by atoms with Gasteiger partial charge in [0.05, 0.1) is 0 Å². The largest absolute Gasteiger partial charge is 0.343 e. The molecule has 146 valence electrons. The van der Waals surface area contributed by atoms with Gasteiger partial charge in [0.15, 0.2) is 5.03 Å². The van der Waals surface area contributed by atoms with E-state index in [1.54, 1.807) is 24.7 Å². The van der Waals surface area contributed by atoms with Crippen LogP contribution in [0.1, 0.15) is 50.8 Å². The number of rotatable bonds is 4. The summed E-state index contributed by atoms with van der Waals surface area (Å²) in [5.41, 5.74) is 0. The van der Waals surface area contributed by atoms with E-state index >= 15 is 0 Å². The van der Waals surface area contributed by atoms with Gasteiger partial charge in [0.2, 0.25) is 5.91 Å². The minimum absolute atomic E-state index is 0.0705. The molecular weight excluding hydrogens is 352 g/mol. The van der Waals surface area contributed by atoms with Gasteiger partial charge in [-0.3, -0.25) is 4.79 Å². The van der Waals surface area contributed by atoms with Gasteiger partial charge >= 0.3 is 0 Å². The number of aryl methyl sites for hydroxylation is 2. The third-order valence-electron chi connectivity index (χ3n) is 5.96. The molecule has 1 saturated heterocycles. The Bertz CT molecular complexity index is 725. The highest BCUT2D eigenvalue weighted by atomic mass is 32.2. The first-order valence-electron chi connectivity index (χ1n) is 9.57. The summed E-state index contributed by atoms with van der Waals surface area (Å²) >= 11 is 0. The minimum Gasteiger partial charge on any atom is -0.343 e. The number of amides is 1. The maximum absolute atomic E-state index is 12.8. The minimum atomic E-state index is -3.58. The van der Waals surface area contributed by atoms with Crippen molar-refractivity contribution in [1.82, 2.24) is 18.8 Å². The molecule has 2 fully saturated rings. The van der Waals surface area contributed by atoms with E-state index < -0.39 is 10.0 Å². The smallest absolute Gasteiger partial charge is 0.262 e. The average molecular weight is 383 g/mol. The van der Waals surface area contributed by atoms with Gasteiger partial charge in [0, 0.05) is 45.3 Å². The van der Waals surface area contributed by atoms with Gasteiger partial charge < -0.3 is 9.47 Å². The molecule has 1 aromatic heterocycles. The van der Waals surface area contributed by atoms with Crippen LogP contribution in [0.3, 0.4) is 0 Å². The molecule has 0 radical (unpaired) electrons. The van der Waals surface area contributed by atoms with Crippen LogP contribution in [0.5, 0.6) is 0 Å². The Labute approximate surface area is 156 Å². The zero-order chi connectivity index (χ0) is 18.9. The van der Waals surface area contributed by atoms with E-state index in [2.05, 4.69) is 4.98 Å². The SMILES string of the molecule is Cc1nc(S(=O)(=O)N2CCC(C(=O)N(C)C3CCCCC3)CC2)cn1C. The van der Waals surface area contributed by atoms with E-state index in [0.29, 0.717) is 37.8 Å². The molecule has 1 amide bonds. The van der Waals surface area contributed by atoms with Crippen LogP contribution in [0.25, 0.3) is 0 Å². The van der Waals surface area contributed by atoms with Gasteiger partial charge in [-0.25, -0.2) is 13.4 Å². The van der Waals surface area contributed by atoms with E-state index in [9.17, 15) is 13.2 Å². The Hall–Kier alpha value is -1.41. The summed E-state index contributed by atoms with van der Waals surface area (Å²) in [6.45, 7) is 2.55. The molecule has 1 saturated carbocycles. The van der Waals surface area contributed by atoms with Gasteiger partial charge in [-0.05, 0) is 32.6 Å². The van der Waals surface area contributed by atoms with Crippen molar-refractivity contribution in [3.05, 3.63) is 12.0 Å². The first-order chi connectivity index (χ1) is 12.3. The molecule has 1 aliphatic heterocycles. The normalized spacial score (nSPS) is 21.0. The molecule has 2 heterocycles. The Balaban J connectivity index is 1.60. The van der Waals surface area contributed by atoms with Crippen molar-refractivity contribution >= 4 is 15.9 Å². The second-order valence-electron chi connectivity index (χ2n) is 7.66. The van der Waals surface area contributed by atoms with Gasteiger partial charge in [-0.15, -0.1) is 0 Å². The first kappa shape index (κ1) is 19.4. The zero-order valence-electron chi connectivity index (χ0n) is 16.0. The highest BCUT2D eigenvalue weighted by molar-refractivity contribution is 7.89. The molecule has 1 aliphatic carbocycles. The van der Waals surface area contributed by atoms with Crippen LogP contribution in [-0.4, -0.2) is 59.3 Å². The predicted molar refractivity (Wildman–Crippen MR) is 99.1 cm³/mol. The van der Waals surface area contributed by atoms with Gasteiger partial charge in [0.1, 0.15) is 5.82 Å². The molecule has 1 aromatic rings. The molecule has 0 spiro atoms. The molecule has 0 N–H and O–H groups in total. The van der Waals surface area contributed by atoms with Crippen LogP contribution in [0.2, 0.25) is 0 Å². The Morgan fingerprint density at radius 2 is 1.77 bits per heavy atom. The predicted octanol–water partition coefficient (Wildman–Crippen LogP) is 1.92. The molecule has 8 heteroatoms. The zero-order valence-corrected chi connectivity index (χ0v) is 16.8. The third kappa shape index (κ3) is 3.81. The second kappa shape index (κ2) is 7.68. The summed E-state index contributed by atoms with van der Waals surface area (Å²) < 4.78 is 28.7. The lowest BCUT2D eigenvalue weighted by molar-refractivity contribution is -0.138. The highest BCUT2D eigenvalue weighted by Crippen LogP contribution is 2.27. The van der Waals surface area contributed by atoms with Crippen molar-refractivity contribution in [2.24, 2.45) is 13.0 Å². The fourth-order valence-corrected chi connectivity index (χ4v) is 5.56. The van der Waals surface area contributed by atoms with Crippen LogP contribution in [0, 0.1) is 12.8 Å². The van der Waals surface area contributed by atoms with E-state index in [1.165, 1.54) is 23.6 Å². The summed E-state index contributed by atoms with van der Waals surface area (Å²) in [5.74, 6) is 0.782. The number of aromatic nitrogens is 2. The second-order valence-corrected chi connectivity index (χ2v) is 9.54. The topological polar surface area (TPSA) is 75.5 Å². The van der Waals surface area contributed by atoms with E-state index in [0.717, 1.165) is 12.8 Å². The van der Waals surface area contributed by atoms with Crippen molar-refractivity contribution in [3.63, 3.8) is 0 Å². The summed E-state index contributed by atoms with van der Waals surface area (Å²) in [6, 6.07) is 0.356. The van der Waals surface area contributed by atoms with Gasteiger partial charge in [0.25, 0.3) is 10.0 Å². The Morgan fingerprint density at radius 3 is 2.31 bits per heavy atom. The van der Waals surface area contributed by atoms with Crippen LogP contribution in [0.4, 0.5) is 0 Å². The van der Waals surface area contributed by atoms with Crippen molar-refractivity contribution in [3.8, 4) is 0 Å². The lowest BCUT2D eigenvalue weighted by Crippen LogP contribution is -2.46. The Kier molecular flexibility index (Phi) is 5.72. The first-order valence-corrected chi connectivity index (χ1v) is 11.0. The van der Waals surface area contributed by atoms with Gasteiger partial charge in [-0.1, -0.05) is 19.3 Å². The summed E-state index contributed by atoms with van der Waals surface area (Å²) in [7, 11) is 0.123. The standard InChI is InChI=1S/C18H30N4O3S/c1-14-19-17(13-20(14)2)26(24,25)22-11-9-15(10-12-22)18(23)21(3)16-7-5-4-6-8-16/h13,15-16H,4-12H2,1-3H3. The summed E-state index contributed by atoms with van der Waals surface area (Å²) in [5, 5.41) is 0.0987. The molecule has 0 unspecified atom stereocenters. The van der Waals surface area contributed by atoms with E-state index in [1.807, 2.05) is 11.9 Å². The van der Waals surface area contributed by atoms with Crippen molar-refractivity contribution in [1.29, 1.82) is 0 Å². The lowest BCUT2D eigenvalue weighted by Gasteiger charge is -2.36. The number of piperidine rings is 1. The number of carbonyl (C=O) groups is 1. The third-order valence-corrected chi connectivity index (χ3v) is 7.73. The summed E-state index contributed by atoms with van der Waals surface area (Å²) in [6.07, 6.45) is 8.57. The average Bonchev–Trinajstić information content (AvgIpc) is 3.01. The molecule has 0 aromatic carbocycles. The van der Waals surface area contributed by atoms with Crippen molar-refractivity contribution in [2.75, 3.05) is 20.1 Å². The number of sulfonamides is 1. The summed E-state index contributed by atoms with van der Waals surface area (Å²) in [4.78, 5) is 18.9. The van der Waals surface area contributed by atoms with Gasteiger partial charge in [-0.2, -0.15) is 4.31 Å². The lowest BCUT2D eigenvalue weighted by atomic mass is 9.91. The number of imidazole rings is 1. The number of hydrogen-bond donors (Lipinski definition) is 0. The highest BCUT2D eigenvalue weighted by Gasteiger charge is 2.35. The number of hydrogen-bond acceptors (Lipinski definition) is 4. The maximum Gasteiger partial charge on any atom is 0.262 e. The quantitative estimate of drug-likeness (QED) is 0.797. The van der Waals surface area contributed by atoms with E-state index in [4.69, 9.17) is 0 Å². The Morgan fingerprint density at radius 1 is 1.15 bits per heavy atom. The van der Waals surface area contributed by atoms with Crippen LogP contribution in [-0.2, 0) is 21.9 Å². The number of nitrogens with zero attached hydrogens (tertiary/aromatic N) is 4. The van der Waals surface area contributed by atoms with E-state index in [-0.39, 0.29) is 16.9 Å². The molecule has 2 aliphatic rings. The molecule has 7 nitrogen and oxygen atoms in total. The molecule has 0 bridgehead atoms. The van der Waals surface area contributed by atoms with Crippen molar-refractivity contribution in [2.45, 2.75) is 62.9 Å². The van der Waals surface area contributed by atoms with Crippen LogP contribution >= 0.6 is 0 Å². The van der Waals surface area contributed by atoms with Crippen LogP contribution in [0.15, 0.2) is 11.2 Å². The monoisotopic (exact) mass is 382 g/mol. The van der Waals surface area contributed by atoms with Crippen LogP contribution < -0.4 is 0 Å². The van der Waals surface area contributed by atoms with Crippen molar-refractivity contribution < 1.29 is 13.2 Å². The molecule has 0 atom stereocenters. The molecular formula is C18H30N4O3S. The molecule has 3 rings (SSSR count). The fourth-order valence-electron chi connectivity index (χ4n) is 4.06. The molecule has 26 heavy (non-hydrogen) atoms.